The van der Waals surface area contributed by atoms with Crippen molar-refractivity contribution in [1.82, 2.24) is 10.3 Å². The highest BCUT2D eigenvalue weighted by Gasteiger charge is 2.31. The molecular formula is C16H20Cl2N2O. The standard InChI is InChI=1S/C16H19ClN2O.ClH/c17-11-1-2-14-13(9-11)12-3-6-18-15(16(12)19-14)10-4-7-20-8-5-10;/h1-2,9-10,15,18-19H,3-8H2;1H. The van der Waals surface area contributed by atoms with Gasteiger partial charge >= 0.3 is 0 Å². The maximum Gasteiger partial charge on any atom is 0.0506 e. The maximum absolute atomic E-state index is 6.16. The van der Waals surface area contributed by atoms with Crippen molar-refractivity contribution in [3.05, 3.63) is 34.5 Å². The van der Waals surface area contributed by atoms with E-state index in [-0.39, 0.29) is 12.4 Å². The number of H-pyrrole nitrogens is 1. The van der Waals surface area contributed by atoms with Crippen molar-refractivity contribution in [2.75, 3.05) is 19.8 Å². The number of halogens is 2. The monoisotopic (exact) mass is 326 g/mol. The van der Waals surface area contributed by atoms with Crippen molar-refractivity contribution in [2.24, 2.45) is 5.92 Å². The Morgan fingerprint density at radius 2 is 2.00 bits per heavy atom. The van der Waals surface area contributed by atoms with Crippen molar-refractivity contribution in [1.29, 1.82) is 0 Å². The van der Waals surface area contributed by atoms with Crippen LogP contribution in [-0.2, 0) is 11.2 Å². The Morgan fingerprint density at radius 1 is 1.19 bits per heavy atom. The van der Waals surface area contributed by atoms with Crippen LogP contribution >= 0.6 is 24.0 Å². The number of nitrogens with one attached hydrogen (secondary N) is 2. The van der Waals surface area contributed by atoms with Gasteiger partial charge < -0.3 is 15.0 Å². The first kappa shape index (κ1) is 15.2. The first-order chi connectivity index (χ1) is 9.83. The summed E-state index contributed by atoms with van der Waals surface area (Å²) in [5, 5.41) is 5.82. The lowest BCUT2D eigenvalue weighted by molar-refractivity contribution is 0.0523. The van der Waals surface area contributed by atoms with Crippen LogP contribution in [0.25, 0.3) is 10.9 Å². The van der Waals surface area contributed by atoms with Crippen molar-refractivity contribution in [3.63, 3.8) is 0 Å². The SMILES string of the molecule is Cl.Clc1ccc2[nH]c3c(c2c1)CCNC3C1CCOCC1. The van der Waals surface area contributed by atoms with E-state index < -0.39 is 0 Å². The van der Waals surface area contributed by atoms with Crippen LogP contribution in [0.15, 0.2) is 18.2 Å². The summed E-state index contributed by atoms with van der Waals surface area (Å²) in [5.74, 6) is 0.673. The van der Waals surface area contributed by atoms with E-state index in [2.05, 4.69) is 22.4 Å². The number of fused-ring (bicyclic) bond motifs is 3. The third kappa shape index (κ3) is 2.68. The Kier molecular flexibility index (Phi) is 4.46. The second-order valence-corrected chi connectivity index (χ2v) is 6.28. The van der Waals surface area contributed by atoms with Crippen LogP contribution in [0.1, 0.15) is 30.1 Å². The second-order valence-electron chi connectivity index (χ2n) is 5.84. The highest BCUT2D eigenvalue weighted by atomic mass is 35.5. The molecule has 1 fully saturated rings. The Bertz CT molecular complexity index is 634. The zero-order valence-electron chi connectivity index (χ0n) is 11.8. The maximum atomic E-state index is 6.16. The molecule has 0 aliphatic carbocycles. The van der Waals surface area contributed by atoms with Crippen molar-refractivity contribution >= 4 is 34.9 Å². The third-order valence-electron chi connectivity index (χ3n) is 4.69. The number of hydrogen-bond donors (Lipinski definition) is 2. The molecule has 2 N–H and O–H groups in total. The molecule has 0 amide bonds. The normalized spacial score (nSPS) is 22.8. The van der Waals surface area contributed by atoms with E-state index in [1.54, 1.807) is 0 Å². The van der Waals surface area contributed by atoms with Crippen LogP contribution in [0.2, 0.25) is 5.02 Å². The van der Waals surface area contributed by atoms with Gasteiger partial charge in [0, 0.05) is 34.8 Å². The third-order valence-corrected chi connectivity index (χ3v) is 4.92. The van der Waals surface area contributed by atoms with Gasteiger partial charge in [-0.1, -0.05) is 11.6 Å². The van der Waals surface area contributed by atoms with Crippen LogP contribution in [0.3, 0.4) is 0 Å². The van der Waals surface area contributed by atoms with Gasteiger partial charge in [0.05, 0.1) is 6.04 Å². The van der Waals surface area contributed by atoms with Gasteiger partial charge in [0.1, 0.15) is 0 Å². The molecule has 0 saturated carbocycles. The van der Waals surface area contributed by atoms with Gasteiger partial charge in [-0.3, -0.25) is 0 Å². The van der Waals surface area contributed by atoms with Gasteiger partial charge in [-0.05, 0) is 55.5 Å². The molecule has 1 aromatic carbocycles. The Hall–Kier alpha value is -0.740. The smallest absolute Gasteiger partial charge is 0.0506 e. The quantitative estimate of drug-likeness (QED) is 0.835. The lowest BCUT2D eigenvalue weighted by Gasteiger charge is -2.34. The number of hydrogen-bond acceptors (Lipinski definition) is 2. The molecule has 2 aliphatic heterocycles. The second kappa shape index (κ2) is 6.17. The molecule has 2 aromatic rings. The summed E-state index contributed by atoms with van der Waals surface area (Å²) in [7, 11) is 0. The van der Waals surface area contributed by atoms with Crippen molar-refractivity contribution in [3.8, 4) is 0 Å². The summed E-state index contributed by atoms with van der Waals surface area (Å²) in [6.07, 6.45) is 3.37. The van der Waals surface area contributed by atoms with E-state index in [0.29, 0.717) is 12.0 Å². The molecule has 2 aliphatic rings. The molecule has 5 heteroatoms. The molecule has 21 heavy (non-hydrogen) atoms. The molecule has 4 rings (SSSR count). The predicted molar refractivity (Wildman–Crippen MR) is 88.5 cm³/mol. The summed E-state index contributed by atoms with van der Waals surface area (Å²) in [6, 6.07) is 6.59. The molecule has 3 nitrogen and oxygen atoms in total. The molecule has 1 atom stereocenters. The summed E-state index contributed by atoms with van der Waals surface area (Å²) in [6.45, 7) is 2.84. The van der Waals surface area contributed by atoms with Crippen LogP contribution in [0, 0.1) is 5.92 Å². The Balaban J connectivity index is 0.00000132. The van der Waals surface area contributed by atoms with E-state index in [9.17, 15) is 0 Å². The molecule has 0 spiro atoms. The molecule has 0 radical (unpaired) electrons. The molecule has 3 heterocycles. The number of ether oxygens (including phenoxy) is 1. The van der Waals surface area contributed by atoms with Gasteiger partial charge in [0.15, 0.2) is 0 Å². The average molecular weight is 327 g/mol. The van der Waals surface area contributed by atoms with Crippen molar-refractivity contribution in [2.45, 2.75) is 25.3 Å². The Labute approximate surface area is 135 Å². The van der Waals surface area contributed by atoms with E-state index in [1.165, 1.54) is 22.2 Å². The van der Waals surface area contributed by atoms with E-state index in [1.807, 2.05) is 6.07 Å². The zero-order valence-corrected chi connectivity index (χ0v) is 13.4. The van der Waals surface area contributed by atoms with E-state index in [0.717, 1.165) is 44.0 Å². The van der Waals surface area contributed by atoms with Crippen molar-refractivity contribution < 1.29 is 4.74 Å². The number of aromatic amines is 1. The van der Waals surface area contributed by atoms with Gasteiger partial charge in [-0.15, -0.1) is 12.4 Å². The summed E-state index contributed by atoms with van der Waals surface area (Å²) in [4.78, 5) is 3.63. The minimum atomic E-state index is 0. The van der Waals surface area contributed by atoms with E-state index >= 15 is 0 Å². The Morgan fingerprint density at radius 3 is 2.81 bits per heavy atom. The lowest BCUT2D eigenvalue weighted by Crippen LogP contribution is -2.37. The summed E-state index contributed by atoms with van der Waals surface area (Å²) in [5.41, 5.74) is 4.04. The molecule has 0 bridgehead atoms. The first-order valence-corrected chi connectivity index (χ1v) is 7.82. The fraction of sp³-hybridized carbons (Fsp3) is 0.500. The highest BCUT2D eigenvalue weighted by Crippen LogP contribution is 2.37. The number of benzene rings is 1. The summed E-state index contributed by atoms with van der Waals surface area (Å²) < 4.78 is 5.50. The minimum absolute atomic E-state index is 0. The van der Waals surface area contributed by atoms with Gasteiger partial charge in [0.25, 0.3) is 0 Å². The van der Waals surface area contributed by atoms with Gasteiger partial charge in [0.2, 0.25) is 0 Å². The van der Waals surface area contributed by atoms with Gasteiger partial charge in [-0.2, -0.15) is 0 Å². The fourth-order valence-electron chi connectivity index (χ4n) is 3.68. The largest absolute Gasteiger partial charge is 0.381 e. The molecule has 1 unspecified atom stereocenters. The highest BCUT2D eigenvalue weighted by molar-refractivity contribution is 6.31. The van der Waals surface area contributed by atoms with Crippen LogP contribution in [0.5, 0.6) is 0 Å². The molecular weight excluding hydrogens is 307 g/mol. The number of aromatic nitrogens is 1. The molecule has 114 valence electrons. The molecule has 1 aromatic heterocycles. The molecule has 1 saturated heterocycles. The van der Waals surface area contributed by atoms with Crippen LogP contribution in [0.4, 0.5) is 0 Å². The van der Waals surface area contributed by atoms with E-state index in [4.69, 9.17) is 16.3 Å². The zero-order chi connectivity index (χ0) is 13.5. The van der Waals surface area contributed by atoms with Crippen LogP contribution in [-0.4, -0.2) is 24.7 Å². The minimum Gasteiger partial charge on any atom is -0.381 e. The number of rotatable bonds is 1. The summed E-state index contributed by atoms with van der Waals surface area (Å²) >= 11 is 6.16. The fourth-order valence-corrected chi connectivity index (χ4v) is 3.85. The van der Waals surface area contributed by atoms with Crippen LogP contribution < -0.4 is 5.32 Å². The topological polar surface area (TPSA) is 37.0 Å². The predicted octanol–water partition coefficient (Wildman–Crippen LogP) is 3.86. The van der Waals surface area contributed by atoms with Gasteiger partial charge in [-0.25, -0.2) is 0 Å². The lowest BCUT2D eigenvalue weighted by atomic mass is 9.85. The first-order valence-electron chi connectivity index (χ1n) is 7.44. The average Bonchev–Trinajstić information content (AvgIpc) is 2.86.